The van der Waals surface area contributed by atoms with E-state index in [-0.39, 0.29) is 18.7 Å². The highest BCUT2D eigenvalue weighted by molar-refractivity contribution is 5.96. The highest BCUT2D eigenvalue weighted by Crippen LogP contribution is 2.39. The number of fused-ring (bicyclic) bond motifs is 5. The van der Waals surface area contributed by atoms with E-state index in [1.54, 1.807) is 36.4 Å². The SMILES string of the molecule is CCCCCCCCCCCCCCCC(=O)N(C)[C@H](CO)C(=O)N[C@H](C)C(=O)NCC(=O)N(C)[C@@H]1C(=O)N[C@@H](C)C(=O)N[C@H](C(=O)O)Cc2ccc(OC)c(c2)-c2cc1ccc2OC. The third-order valence-corrected chi connectivity index (χ3v) is 11.9. The Bertz CT molecular complexity index is 1930. The number of carboxylic acid groups (broad SMARTS) is 1. The van der Waals surface area contributed by atoms with Gasteiger partial charge in [-0.25, -0.2) is 4.79 Å². The summed E-state index contributed by atoms with van der Waals surface area (Å²) in [6, 6.07) is 3.51. The van der Waals surface area contributed by atoms with E-state index in [9.17, 15) is 43.8 Å². The molecule has 0 saturated heterocycles. The molecule has 0 unspecified atom stereocenters. The number of hydrogen-bond donors (Lipinski definition) is 6. The van der Waals surface area contributed by atoms with Crippen LogP contribution in [0.2, 0.25) is 0 Å². The molecule has 0 aliphatic carbocycles. The molecule has 17 heteroatoms. The quantitative estimate of drug-likeness (QED) is 0.0764. The number of methoxy groups -OCH3 is 2. The van der Waals surface area contributed by atoms with Crippen LogP contribution in [0.25, 0.3) is 11.1 Å². The van der Waals surface area contributed by atoms with Crippen molar-refractivity contribution < 1.29 is 53.2 Å². The van der Waals surface area contributed by atoms with Gasteiger partial charge in [-0.3, -0.25) is 28.8 Å². The minimum atomic E-state index is -1.37. The highest BCUT2D eigenvalue weighted by atomic mass is 16.5. The zero-order valence-electron chi connectivity index (χ0n) is 39.3. The summed E-state index contributed by atoms with van der Waals surface area (Å²) in [5, 5.41) is 30.1. The van der Waals surface area contributed by atoms with Gasteiger partial charge in [-0.1, -0.05) is 96.1 Å². The molecular formula is C48H72N6O11. The number of aliphatic hydroxyl groups excluding tert-OH is 1. The minimum Gasteiger partial charge on any atom is -0.496 e. The molecule has 1 aliphatic rings. The van der Waals surface area contributed by atoms with E-state index in [1.165, 1.54) is 105 Å². The van der Waals surface area contributed by atoms with Crippen LogP contribution >= 0.6 is 0 Å². The Labute approximate surface area is 383 Å². The smallest absolute Gasteiger partial charge is 0.326 e. The Balaban J connectivity index is 1.64. The molecule has 0 saturated carbocycles. The molecule has 2 aromatic rings. The van der Waals surface area contributed by atoms with Crippen LogP contribution in [-0.4, -0.2) is 127 Å². The molecule has 65 heavy (non-hydrogen) atoms. The van der Waals surface area contributed by atoms with Crippen LogP contribution in [0.1, 0.15) is 128 Å². The Morgan fingerprint density at radius 2 is 1.32 bits per heavy atom. The topological polar surface area (TPSA) is 233 Å². The molecule has 17 nitrogen and oxygen atoms in total. The van der Waals surface area contributed by atoms with Crippen molar-refractivity contribution in [3.8, 4) is 22.6 Å². The average Bonchev–Trinajstić information content (AvgIpc) is 3.28. The molecule has 6 amide bonds. The third-order valence-electron chi connectivity index (χ3n) is 11.9. The first-order chi connectivity index (χ1) is 31.1. The van der Waals surface area contributed by atoms with Crippen LogP contribution in [0.4, 0.5) is 0 Å². The number of likely N-dealkylation sites (N-methyl/N-ethyl adjacent to an activating group) is 2. The van der Waals surface area contributed by atoms with Gasteiger partial charge in [-0.2, -0.15) is 0 Å². The van der Waals surface area contributed by atoms with Gasteiger partial charge in [0.15, 0.2) is 0 Å². The van der Waals surface area contributed by atoms with Crippen LogP contribution in [0.15, 0.2) is 36.4 Å². The lowest BCUT2D eigenvalue weighted by Crippen LogP contribution is -2.55. The first kappa shape index (κ1) is 53.6. The monoisotopic (exact) mass is 909 g/mol. The normalized spacial score (nSPS) is 17.0. The van der Waals surface area contributed by atoms with E-state index in [4.69, 9.17) is 9.47 Å². The van der Waals surface area contributed by atoms with Crippen molar-refractivity contribution in [3.05, 3.63) is 47.5 Å². The molecule has 0 fully saturated rings. The van der Waals surface area contributed by atoms with E-state index in [0.717, 1.165) is 24.2 Å². The second-order valence-corrected chi connectivity index (χ2v) is 16.9. The van der Waals surface area contributed by atoms with Crippen molar-refractivity contribution in [1.82, 2.24) is 31.1 Å². The van der Waals surface area contributed by atoms with Gasteiger partial charge in [0, 0.05) is 38.1 Å². The van der Waals surface area contributed by atoms with Gasteiger partial charge in [0.05, 0.1) is 27.4 Å². The molecule has 3 rings (SSSR count). The van der Waals surface area contributed by atoms with Crippen LogP contribution in [0.5, 0.6) is 11.5 Å². The van der Waals surface area contributed by atoms with E-state index < -0.39 is 78.9 Å². The second kappa shape index (κ2) is 27.6. The van der Waals surface area contributed by atoms with Crippen molar-refractivity contribution in [2.45, 2.75) is 147 Å². The van der Waals surface area contributed by atoms with Gasteiger partial charge in [-0.15, -0.1) is 0 Å². The summed E-state index contributed by atoms with van der Waals surface area (Å²) in [7, 11) is 5.70. The lowest BCUT2D eigenvalue weighted by Gasteiger charge is -2.30. The predicted octanol–water partition coefficient (Wildman–Crippen LogP) is 4.42. The molecule has 4 bridgehead atoms. The summed E-state index contributed by atoms with van der Waals surface area (Å²) < 4.78 is 11.3. The van der Waals surface area contributed by atoms with Crippen molar-refractivity contribution >= 4 is 41.4 Å². The van der Waals surface area contributed by atoms with E-state index in [2.05, 4.69) is 28.2 Å². The Hall–Kier alpha value is -5.71. The molecule has 2 aromatic carbocycles. The fourth-order valence-corrected chi connectivity index (χ4v) is 7.83. The number of hydrogen-bond acceptors (Lipinski definition) is 10. The van der Waals surface area contributed by atoms with Gasteiger partial charge in [0.25, 0.3) is 0 Å². The maximum absolute atomic E-state index is 14.1. The van der Waals surface area contributed by atoms with E-state index >= 15 is 0 Å². The Morgan fingerprint density at radius 1 is 0.769 bits per heavy atom. The number of carbonyl (C=O) groups excluding carboxylic acids is 6. The second-order valence-electron chi connectivity index (χ2n) is 16.9. The number of carbonyl (C=O) groups is 7. The Kier molecular flexibility index (Phi) is 22.8. The number of benzene rings is 2. The summed E-state index contributed by atoms with van der Waals surface area (Å²) in [6.45, 7) is 3.73. The number of nitrogens with one attached hydrogen (secondary N) is 4. The summed E-state index contributed by atoms with van der Waals surface area (Å²) in [4.78, 5) is 94.9. The third kappa shape index (κ3) is 16.3. The number of ether oxygens (including phenoxy) is 2. The molecule has 360 valence electrons. The molecule has 1 heterocycles. The maximum Gasteiger partial charge on any atom is 0.326 e. The maximum atomic E-state index is 14.1. The average molecular weight is 909 g/mol. The number of aliphatic carboxylic acids is 1. The first-order valence-electron chi connectivity index (χ1n) is 23.0. The van der Waals surface area contributed by atoms with Gasteiger partial charge >= 0.3 is 5.97 Å². The number of rotatable bonds is 25. The van der Waals surface area contributed by atoms with Crippen LogP contribution in [0, 0.1) is 0 Å². The van der Waals surface area contributed by atoms with E-state index in [1.807, 2.05) is 0 Å². The van der Waals surface area contributed by atoms with Crippen molar-refractivity contribution in [2.75, 3.05) is 41.5 Å². The van der Waals surface area contributed by atoms with Gasteiger partial charge in [0.2, 0.25) is 35.4 Å². The van der Waals surface area contributed by atoms with Gasteiger partial charge in [-0.05, 0) is 55.7 Å². The molecule has 5 atom stereocenters. The molecule has 0 aromatic heterocycles. The van der Waals surface area contributed by atoms with Crippen molar-refractivity contribution in [2.24, 2.45) is 0 Å². The van der Waals surface area contributed by atoms with Gasteiger partial charge < -0.3 is 50.8 Å². The first-order valence-corrected chi connectivity index (χ1v) is 23.0. The molecule has 0 spiro atoms. The number of aliphatic hydroxyl groups is 1. The highest BCUT2D eigenvalue weighted by Gasteiger charge is 2.34. The number of nitrogens with zero attached hydrogens (tertiary/aromatic N) is 2. The molecule has 6 N–H and O–H groups in total. The number of carboxylic acids is 1. The summed E-state index contributed by atoms with van der Waals surface area (Å²) >= 11 is 0. The molecular weight excluding hydrogens is 837 g/mol. The fraction of sp³-hybridized carbons (Fsp3) is 0.604. The lowest BCUT2D eigenvalue weighted by atomic mass is 9.93. The number of amides is 6. The largest absolute Gasteiger partial charge is 0.496 e. The van der Waals surface area contributed by atoms with Crippen LogP contribution in [0.3, 0.4) is 0 Å². The standard InChI is InChI=1S/C48H72N6O11/c1-8-9-10-11-12-13-14-15-16-17-18-19-20-21-41(56)53(4)38(30-55)46(60)50-31(2)44(58)49-29-42(57)54(5)43-34-23-25-40(65-7)36(28-34)35-26-33(22-24-39(35)64-6)27-37(48(62)63)52-45(59)32(3)51-47(43)61/h22-26,28,31-32,37-38,43,55H,8-21,27,29-30H2,1-7H3,(H,49,58)(H,50,60)(H,51,61)(H,52,59)(H,62,63)/t31-,32+,37+,38-,43+/m1/s1. The summed E-state index contributed by atoms with van der Waals surface area (Å²) in [6.07, 6.45) is 15.3. The zero-order valence-corrected chi connectivity index (χ0v) is 39.3. The van der Waals surface area contributed by atoms with Crippen LogP contribution in [-0.2, 0) is 40.0 Å². The van der Waals surface area contributed by atoms with Crippen molar-refractivity contribution in [1.29, 1.82) is 0 Å². The number of unbranched alkanes of at least 4 members (excludes halogenated alkanes) is 12. The van der Waals surface area contributed by atoms with Gasteiger partial charge in [0.1, 0.15) is 41.7 Å². The zero-order chi connectivity index (χ0) is 48.1. The fourth-order valence-electron chi connectivity index (χ4n) is 7.83. The lowest BCUT2D eigenvalue weighted by molar-refractivity contribution is -0.143. The minimum absolute atomic E-state index is 0.0765. The Morgan fingerprint density at radius 3 is 1.88 bits per heavy atom. The molecule has 1 aliphatic heterocycles. The van der Waals surface area contributed by atoms with Crippen molar-refractivity contribution in [3.63, 3.8) is 0 Å². The predicted molar refractivity (Wildman–Crippen MR) is 246 cm³/mol. The van der Waals surface area contributed by atoms with Crippen LogP contribution < -0.4 is 30.7 Å². The molecule has 0 radical (unpaired) electrons. The summed E-state index contributed by atoms with van der Waals surface area (Å²) in [5.41, 5.74) is 1.83. The van der Waals surface area contributed by atoms with E-state index in [0.29, 0.717) is 40.2 Å². The summed E-state index contributed by atoms with van der Waals surface area (Å²) in [5.74, 6) is -4.55.